The van der Waals surface area contributed by atoms with Gasteiger partial charge in [-0.3, -0.25) is 0 Å². The molecule has 0 bridgehead atoms. The van der Waals surface area contributed by atoms with Crippen molar-refractivity contribution in [1.29, 1.82) is 0 Å². The smallest absolute Gasteiger partial charge is 0.226 e. The number of imidazole rings is 1. The van der Waals surface area contributed by atoms with Gasteiger partial charge in [-0.15, -0.1) is 0 Å². The lowest BCUT2D eigenvalue weighted by atomic mass is 10.2. The molecule has 0 saturated carbocycles. The second-order valence-electron chi connectivity index (χ2n) is 5.83. The molecule has 0 N–H and O–H groups in total. The molecule has 0 atom stereocenters. The van der Waals surface area contributed by atoms with Crippen LogP contribution in [0.25, 0.3) is 17.2 Å². The maximum Gasteiger partial charge on any atom is 0.226 e. The van der Waals surface area contributed by atoms with Gasteiger partial charge >= 0.3 is 0 Å². The molecule has 0 fully saturated rings. The molecule has 0 radical (unpaired) electrons. The Morgan fingerprint density at radius 3 is 2.62 bits per heavy atom. The standard InChI is InChI=1S/C20H18N4O2/c1-3-18-22-20(23-26-18)19-14(2)24(13-21-19)15-8-7-11-17(12-15)25-16-9-5-4-6-10-16/h4-13H,3H2,1-2H3. The lowest BCUT2D eigenvalue weighted by Gasteiger charge is -2.09. The van der Waals surface area contributed by atoms with Gasteiger partial charge in [0.2, 0.25) is 11.7 Å². The van der Waals surface area contributed by atoms with Crippen LogP contribution in [-0.4, -0.2) is 19.7 Å². The predicted octanol–water partition coefficient (Wildman–Crippen LogP) is 4.59. The summed E-state index contributed by atoms with van der Waals surface area (Å²) in [6.07, 6.45) is 2.46. The van der Waals surface area contributed by atoms with Gasteiger partial charge in [-0.05, 0) is 31.2 Å². The predicted molar refractivity (Wildman–Crippen MR) is 97.5 cm³/mol. The van der Waals surface area contributed by atoms with Gasteiger partial charge in [-0.1, -0.05) is 36.3 Å². The summed E-state index contributed by atoms with van der Waals surface area (Å²) < 4.78 is 13.1. The first kappa shape index (κ1) is 16.1. The van der Waals surface area contributed by atoms with Crippen molar-refractivity contribution in [2.24, 2.45) is 0 Å². The van der Waals surface area contributed by atoms with Gasteiger partial charge in [0.1, 0.15) is 23.5 Å². The summed E-state index contributed by atoms with van der Waals surface area (Å²) in [5.74, 6) is 2.67. The van der Waals surface area contributed by atoms with Crippen molar-refractivity contribution in [3.05, 3.63) is 72.5 Å². The highest BCUT2D eigenvalue weighted by Crippen LogP contribution is 2.26. The third kappa shape index (κ3) is 3.09. The van der Waals surface area contributed by atoms with Crippen LogP contribution in [0.15, 0.2) is 65.4 Å². The third-order valence-electron chi connectivity index (χ3n) is 4.06. The summed E-state index contributed by atoms with van der Waals surface area (Å²) in [4.78, 5) is 8.82. The van der Waals surface area contributed by atoms with Crippen LogP contribution < -0.4 is 4.74 Å². The van der Waals surface area contributed by atoms with E-state index in [9.17, 15) is 0 Å². The van der Waals surface area contributed by atoms with Crippen molar-refractivity contribution in [1.82, 2.24) is 19.7 Å². The summed E-state index contributed by atoms with van der Waals surface area (Å²) in [6, 6.07) is 17.6. The molecule has 0 aliphatic carbocycles. The Hall–Kier alpha value is -3.41. The van der Waals surface area contributed by atoms with Crippen LogP contribution in [0.4, 0.5) is 0 Å². The Labute approximate surface area is 151 Å². The molecular weight excluding hydrogens is 328 g/mol. The number of aromatic nitrogens is 4. The quantitative estimate of drug-likeness (QED) is 0.529. The van der Waals surface area contributed by atoms with Crippen LogP contribution in [0.3, 0.4) is 0 Å². The van der Waals surface area contributed by atoms with Gasteiger partial charge in [0, 0.05) is 12.5 Å². The molecule has 0 spiro atoms. The van der Waals surface area contributed by atoms with E-state index in [4.69, 9.17) is 9.26 Å². The molecule has 2 aromatic heterocycles. The topological polar surface area (TPSA) is 66.0 Å². The van der Waals surface area contributed by atoms with Gasteiger partial charge in [0.25, 0.3) is 0 Å². The molecule has 0 amide bonds. The van der Waals surface area contributed by atoms with E-state index in [0.29, 0.717) is 23.8 Å². The SMILES string of the molecule is CCc1nc(-c2ncn(-c3cccc(Oc4ccccc4)c3)c2C)no1. The highest BCUT2D eigenvalue weighted by molar-refractivity contribution is 5.55. The van der Waals surface area contributed by atoms with E-state index in [-0.39, 0.29) is 0 Å². The molecule has 130 valence electrons. The fourth-order valence-electron chi connectivity index (χ4n) is 2.71. The number of benzene rings is 2. The van der Waals surface area contributed by atoms with Gasteiger partial charge in [0.15, 0.2) is 0 Å². The highest BCUT2D eigenvalue weighted by atomic mass is 16.5. The summed E-state index contributed by atoms with van der Waals surface area (Å²) in [5.41, 5.74) is 2.60. The molecule has 2 aromatic carbocycles. The van der Waals surface area contributed by atoms with Crippen molar-refractivity contribution in [3.63, 3.8) is 0 Å². The van der Waals surface area contributed by atoms with Gasteiger partial charge < -0.3 is 13.8 Å². The van der Waals surface area contributed by atoms with E-state index >= 15 is 0 Å². The zero-order valence-electron chi connectivity index (χ0n) is 14.6. The van der Waals surface area contributed by atoms with Crippen LogP contribution in [0, 0.1) is 6.92 Å². The van der Waals surface area contributed by atoms with Crippen LogP contribution in [0.1, 0.15) is 18.5 Å². The average molecular weight is 346 g/mol. The molecule has 0 saturated heterocycles. The minimum atomic E-state index is 0.509. The van der Waals surface area contributed by atoms with Crippen molar-refractivity contribution in [2.75, 3.05) is 0 Å². The Balaban J connectivity index is 1.65. The summed E-state index contributed by atoms with van der Waals surface area (Å²) in [7, 11) is 0. The van der Waals surface area contributed by atoms with Gasteiger partial charge in [-0.2, -0.15) is 4.98 Å². The normalized spacial score (nSPS) is 10.8. The molecule has 6 heteroatoms. The lowest BCUT2D eigenvalue weighted by Crippen LogP contribution is -1.96. The van der Waals surface area contributed by atoms with Crippen molar-refractivity contribution >= 4 is 0 Å². The molecule has 2 heterocycles. The van der Waals surface area contributed by atoms with Crippen LogP contribution in [0.5, 0.6) is 11.5 Å². The van der Waals surface area contributed by atoms with Crippen LogP contribution in [0.2, 0.25) is 0 Å². The zero-order valence-corrected chi connectivity index (χ0v) is 14.6. The summed E-state index contributed by atoms with van der Waals surface area (Å²) >= 11 is 0. The highest BCUT2D eigenvalue weighted by Gasteiger charge is 2.16. The van der Waals surface area contributed by atoms with E-state index in [2.05, 4.69) is 15.1 Å². The molecule has 4 rings (SSSR count). The Bertz CT molecular complexity index is 1020. The summed E-state index contributed by atoms with van der Waals surface area (Å²) in [5, 5.41) is 4.01. The first-order valence-electron chi connectivity index (χ1n) is 8.45. The Morgan fingerprint density at radius 2 is 1.85 bits per heavy atom. The third-order valence-corrected chi connectivity index (χ3v) is 4.06. The Morgan fingerprint density at radius 1 is 1.04 bits per heavy atom. The average Bonchev–Trinajstić information content (AvgIpc) is 3.29. The molecule has 0 aliphatic rings. The zero-order chi connectivity index (χ0) is 17.9. The van der Waals surface area contributed by atoms with Crippen molar-refractivity contribution in [3.8, 4) is 28.7 Å². The van der Waals surface area contributed by atoms with Crippen LogP contribution >= 0.6 is 0 Å². The monoisotopic (exact) mass is 346 g/mol. The fraction of sp³-hybridized carbons (Fsp3) is 0.150. The molecular formula is C20H18N4O2. The largest absolute Gasteiger partial charge is 0.457 e. The number of aryl methyl sites for hydroxylation is 1. The van der Waals surface area contributed by atoms with Crippen molar-refractivity contribution < 1.29 is 9.26 Å². The Kier molecular flexibility index (Phi) is 4.23. The second-order valence-corrected chi connectivity index (χ2v) is 5.83. The second kappa shape index (κ2) is 6.84. The molecule has 4 aromatic rings. The van der Waals surface area contributed by atoms with Crippen molar-refractivity contribution in [2.45, 2.75) is 20.3 Å². The number of para-hydroxylation sites is 1. The van der Waals surface area contributed by atoms with Gasteiger partial charge in [-0.25, -0.2) is 4.98 Å². The maximum absolute atomic E-state index is 5.92. The minimum absolute atomic E-state index is 0.509. The number of rotatable bonds is 5. The van der Waals surface area contributed by atoms with Gasteiger partial charge in [0.05, 0.1) is 11.4 Å². The number of ether oxygens (including phenoxy) is 1. The molecule has 26 heavy (non-hydrogen) atoms. The first-order chi connectivity index (χ1) is 12.7. The first-order valence-corrected chi connectivity index (χ1v) is 8.45. The number of nitrogens with zero attached hydrogens (tertiary/aromatic N) is 4. The van der Waals surface area contributed by atoms with E-state index < -0.39 is 0 Å². The fourth-order valence-corrected chi connectivity index (χ4v) is 2.71. The number of hydrogen-bond acceptors (Lipinski definition) is 5. The lowest BCUT2D eigenvalue weighted by molar-refractivity contribution is 0.382. The summed E-state index contributed by atoms with van der Waals surface area (Å²) in [6.45, 7) is 3.95. The van der Waals surface area contributed by atoms with Crippen LogP contribution in [-0.2, 0) is 6.42 Å². The maximum atomic E-state index is 5.92. The van der Waals surface area contributed by atoms with E-state index in [1.165, 1.54) is 0 Å². The van der Waals surface area contributed by atoms with E-state index in [1.807, 2.05) is 73.0 Å². The number of hydrogen-bond donors (Lipinski definition) is 0. The van der Waals surface area contributed by atoms with E-state index in [1.54, 1.807) is 6.33 Å². The van der Waals surface area contributed by atoms with E-state index in [0.717, 1.165) is 22.9 Å². The minimum Gasteiger partial charge on any atom is -0.457 e. The molecule has 6 nitrogen and oxygen atoms in total. The molecule has 0 aliphatic heterocycles. The molecule has 0 unspecified atom stereocenters.